The first-order chi connectivity index (χ1) is 10.2. The highest BCUT2D eigenvalue weighted by Gasteiger charge is 2.14. The van der Waals surface area contributed by atoms with Crippen LogP contribution in [0.4, 0.5) is 0 Å². The van der Waals surface area contributed by atoms with Crippen LogP contribution in [0.5, 0.6) is 23.0 Å². The molecule has 0 bridgehead atoms. The Hall–Kier alpha value is -1.91. The first-order valence-corrected chi connectivity index (χ1v) is 6.94. The van der Waals surface area contributed by atoms with Crippen molar-refractivity contribution in [3.63, 3.8) is 0 Å². The predicted molar refractivity (Wildman–Crippen MR) is 83.8 cm³/mol. The van der Waals surface area contributed by atoms with Crippen molar-refractivity contribution in [2.45, 2.75) is 6.42 Å². The van der Waals surface area contributed by atoms with Gasteiger partial charge in [-0.25, -0.2) is 0 Å². The lowest BCUT2D eigenvalue weighted by atomic mass is 10.1. The molecule has 112 valence electrons. The maximum absolute atomic E-state index is 6.26. The van der Waals surface area contributed by atoms with Gasteiger partial charge < -0.3 is 19.9 Å². The second-order valence-electron chi connectivity index (χ2n) is 4.40. The molecular weight excluding hydrogens is 290 g/mol. The monoisotopic (exact) mass is 307 g/mol. The number of halogens is 1. The van der Waals surface area contributed by atoms with Crippen molar-refractivity contribution in [3.8, 4) is 23.0 Å². The van der Waals surface area contributed by atoms with Gasteiger partial charge in [-0.05, 0) is 42.8 Å². The van der Waals surface area contributed by atoms with Crippen molar-refractivity contribution in [2.75, 3.05) is 20.8 Å². The molecule has 0 heterocycles. The average molecular weight is 308 g/mol. The molecule has 0 aliphatic carbocycles. The van der Waals surface area contributed by atoms with E-state index in [0.717, 1.165) is 12.0 Å². The molecule has 0 radical (unpaired) electrons. The minimum Gasteiger partial charge on any atom is -0.493 e. The summed E-state index contributed by atoms with van der Waals surface area (Å²) in [6.45, 7) is 0.580. The van der Waals surface area contributed by atoms with E-state index in [1.807, 2.05) is 24.3 Å². The standard InChI is InChI=1S/C16H18ClNO3/c1-19-14-4-3-5-15(20-2)16(14)21-13-7-6-11(8-9-18)10-12(13)17/h3-7,10H,8-9,18H2,1-2H3. The fraction of sp³-hybridized carbons (Fsp3) is 0.250. The molecule has 2 N–H and O–H groups in total. The summed E-state index contributed by atoms with van der Waals surface area (Å²) in [7, 11) is 3.15. The number of methoxy groups -OCH3 is 2. The van der Waals surface area contributed by atoms with E-state index in [-0.39, 0.29) is 0 Å². The number of benzene rings is 2. The van der Waals surface area contributed by atoms with Gasteiger partial charge in [0.05, 0.1) is 19.2 Å². The van der Waals surface area contributed by atoms with Crippen molar-refractivity contribution >= 4 is 11.6 Å². The van der Waals surface area contributed by atoms with Gasteiger partial charge >= 0.3 is 0 Å². The summed E-state index contributed by atoms with van der Waals surface area (Å²) < 4.78 is 16.5. The van der Waals surface area contributed by atoms with Crippen molar-refractivity contribution < 1.29 is 14.2 Å². The number of hydrogen-bond acceptors (Lipinski definition) is 4. The van der Waals surface area contributed by atoms with Crippen LogP contribution in [0.25, 0.3) is 0 Å². The Balaban J connectivity index is 2.34. The number of nitrogens with two attached hydrogens (primary N) is 1. The predicted octanol–water partition coefficient (Wildman–Crippen LogP) is 3.65. The van der Waals surface area contributed by atoms with Crippen molar-refractivity contribution in [1.82, 2.24) is 0 Å². The Morgan fingerprint density at radius 1 is 1.00 bits per heavy atom. The van der Waals surface area contributed by atoms with E-state index in [1.165, 1.54) is 0 Å². The van der Waals surface area contributed by atoms with Crippen LogP contribution in [0, 0.1) is 0 Å². The largest absolute Gasteiger partial charge is 0.493 e. The summed E-state index contributed by atoms with van der Waals surface area (Å²) in [5.41, 5.74) is 6.61. The Kier molecular flexibility index (Phi) is 5.31. The highest BCUT2D eigenvalue weighted by atomic mass is 35.5. The highest BCUT2D eigenvalue weighted by Crippen LogP contribution is 2.41. The fourth-order valence-electron chi connectivity index (χ4n) is 1.98. The highest BCUT2D eigenvalue weighted by molar-refractivity contribution is 6.32. The molecule has 5 heteroatoms. The summed E-state index contributed by atoms with van der Waals surface area (Å²) in [5, 5.41) is 0.522. The average Bonchev–Trinajstić information content (AvgIpc) is 2.50. The zero-order valence-electron chi connectivity index (χ0n) is 12.1. The molecule has 0 atom stereocenters. The molecule has 2 aromatic carbocycles. The Bertz CT molecular complexity index is 594. The number of hydrogen-bond donors (Lipinski definition) is 1. The van der Waals surface area contributed by atoms with E-state index >= 15 is 0 Å². The third-order valence-electron chi connectivity index (χ3n) is 3.02. The first kappa shape index (κ1) is 15.5. The maximum atomic E-state index is 6.26. The summed E-state index contributed by atoms with van der Waals surface area (Å²) in [6, 6.07) is 11.0. The van der Waals surface area contributed by atoms with E-state index in [1.54, 1.807) is 26.4 Å². The third-order valence-corrected chi connectivity index (χ3v) is 3.32. The molecule has 0 saturated heterocycles. The Morgan fingerprint density at radius 2 is 1.67 bits per heavy atom. The fourth-order valence-corrected chi connectivity index (χ4v) is 2.22. The topological polar surface area (TPSA) is 53.7 Å². The van der Waals surface area contributed by atoms with E-state index < -0.39 is 0 Å². The smallest absolute Gasteiger partial charge is 0.211 e. The molecule has 0 amide bonds. The molecule has 0 aliphatic rings. The van der Waals surface area contributed by atoms with Gasteiger partial charge in [0.2, 0.25) is 5.75 Å². The summed E-state index contributed by atoms with van der Waals surface area (Å²) >= 11 is 6.26. The van der Waals surface area contributed by atoms with Crippen molar-refractivity contribution in [2.24, 2.45) is 5.73 Å². The molecule has 0 aliphatic heterocycles. The van der Waals surface area contributed by atoms with E-state index in [2.05, 4.69) is 0 Å². The van der Waals surface area contributed by atoms with Crippen molar-refractivity contribution in [3.05, 3.63) is 47.0 Å². The van der Waals surface area contributed by atoms with Crippen LogP contribution in [-0.2, 0) is 6.42 Å². The molecule has 0 saturated carbocycles. The second kappa shape index (κ2) is 7.20. The van der Waals surface area contributed by atoms with Gasteiger partial charge in [0.1, 0.15) is 5.75 Å². The number of para-hydroxylation sites is 1. The Morgan fingerprint density at radius 3 is 2.19 bits per heavy atom. The van der Waals surface area contributed by atoms with Crippen LogP contribution in [-0.4, -0.2) is 20.8 Å². The minimum absolute atomic E-state index is 0.496. The van der Waals surface area contributed by atoms with Crippen LogP contribution in [0.2, 0.25) is 5.02 Å². The Labute approximate surface area is 129 Å². The van der Waals surface area contributed by atoms with Crippen LogP contribution in [0.15, 0.2) is 36.4 Å². The lowest BCUT2D eigenvalue weighted by molar-refractivity contribution is 0.346. The van der Waals surface area contributed by atoms with Crippen LogP contribution in [0.1, 0.15) is 5.56 Å². The van der Waals surface area contributed by atoms with Gasteiger partial charge in [0.15, 0.2) is 11.5 Å². The zero-order chi connectivity index (χ0) is 15.2. The zero-order valence-corrected chi connectivity index (χ0v) is 12.8. The number of rotatable bonds is 6. The van der Waals surface area contributed by atoms with Gasteiger partial charge in [-0.1, -0.05) is 23.7 Å². The molecule has 2 rings (SSSR count). The lowest BCUT2D eigenvalue weighted by Crippen LogP contribution is -2.02. The van der Waals surface area contributed by atoms with E-state index in [9.17, 15) is 0 Å². The van der Waals surface area contributed by atoms with E-state index in [0.29, 0.717) is 34.6 Å². The first-order valence-electron chi connectivity index (χ1n) is 6.57. The van der Waals surface area contributed by atoms with Gasteiger partial charge in [-0.2, -0.15) is 0 Å². The molecule has 0 aromatic heterocycles. The quantitative estimate of drug-likeness (QED) is 0.885. The lowest BCUT2D eigenvalue weighted by Gasteiger charge is -2.15. The third kappa shape index (κ3) is 3.60. The summed E-state index contributed by atoms with van der Waals surface area (Å²) in [6.07, 6.45) is 0.776. The van der Waals surface area contributed by atoms with E-state index in [4.69, 9.17) is 31.5 Å². The molecule has 0 fully saturated rings. The summed E-state index contributed by atoms with van der Waals surface area (Å²) in [5.74, 6) is 2.20. The normalized spacial score (nSPS) is 10.3. The van der Waals surface area contributed by atoms with Gasteiger partial charge in [-0.15, -0.1) is 0 Å². The van der Waals surface area contributed by atoms with Crippen LogP contribution in [0.3, 0.4) is 0 Å². The number of ether oxygens (including phenoxy) is 3. The molecule has 0 unspecified atom stereocenters. The molecule has 2 aromatic rings. The second-order valence-corrected chi connectivity index (χ2v) is 4.80. The maximum Gasteiger partial charge on any atom is 0.211 e. The van der Waals surface area contributed by atoms with Crippen LogP contribution >= 0.6 is 11.6 Å². The molecular formula is C16H18ClNO3. The van der Waals surface area contributed by atoms with Gasteiger partial charge in [0, 0.05) is 0 Å². The molecule has 21 heavy (non-hydrogen) atoms. The summed E-state index contributed by atoms with van der Waals surface area (Å²) in [4.78, 5) is 0. The van der Waals surface area contributed by atoms with Crippen LogP contribution < -0.4 is 19.9 Å². The van der Waals surface area contributed by atoms with Crippen molar-refractivity contribution in [1.29, 1.82) is 0 Å². The SMILES string of the molecule is COc1cccc(OC)c1Oc1ccc(CCN)cc1Cl. The van der Waals surface area contributed by atoms with Gasteiger partial charge in [0.25, 0.3) is 0 Å². The molecule has 4 nitrogen and oxygen atoms in total. The minimum atomic E-state index is 0.496. The van der Waals surface area contributed by atoms with Gasteiger partial charge in [-0.3, -0.25) is 0 Å². The molecule has 0 spiro atoms.